The molecular formula is C27H24ClN3OS. The van der Waals surface area contributed by atoms with E-state index in [4.69, 9.17) is 0 Å². The van der Waals surface area contributed by atoms with Crippen molar-refractivity contribution in [2.75, 3.05) is 4.90 Å². The zero-order chi connectivity index (χ0) is 21.7. The molecule has 6 rings (SSSR count). The van der Waals surface area contributed by atoms with Crippen LogP contribution in [0, 0.1) is 6.92 Å². The predicted octanol–water partition coefficient (Wildman–Crippen LogP) is 2.53. The lowest BCUT2D eigenvalue weighted by atomic mass is 10.1. The first-order valence-electron chi connectivity index (χ1n) is 11.1. The van der Waals surface area contributed by atoms with Crippen LogP contribution in [0.5, 0.6) is 0 Å². The number of nitrogens with zero attached hydrogens (tertiary/aromatic N) is 3. The molecule has 4 aromatic rings. The normalized spacial score (nSPS) is 13.7. The molecule has 33 heavy (non-hydrogen) atoms. The highest BCUT2D eigenvalue weighted by Gasteiger charge is 2.33. The molecular weight excluding hydrogens is 450 g/mol. The van der Waals surface area contributed by atoms with Crippen molar-refractivity contribution < 1.29 is 21.8 Å². The third kappa shape index (κ3) is 3.75. The number of imidazole rings is 1. The predicted molar refractivity (Wildman–Crippen MR) is 127 cm³/mol. The third-order valence-corrected chi connectivity index (χ3v) is 7.46. The number of aromatic nitrogens is 2. The van der Waals surface area contributed by atoms with E-state index in [1.54, 1.807) is 11.8 Å². The van der Waals surface area contributed by atoms with Crippen molar-refractivity contribution in [3.8, 4) is 11.3 Å². The monoisotopic (exact) mass is 473 g/mol. The maximum atomic E-state index is 13.8. The van der Waals surface area contributed by atoms with E-state index in [1.807, 2.05) is 41.3 Å². The van der Waals surface area contributed by atoms with E-state index in [0.717, 1.165) is 40.6 Å². The fraction of sp³-hybridized carbons (Fsp3) is 0.185. The number of aryl methyl sites for hydroxylation is 1. The van der Waals surface area contributed by atoms with Crippen LogP contribution in [0.1, 0.15) is 17.8 Å². The topological polar surface area (TPSA) is 29.1 Å². The second-order valence-electron chi connectivity index (χ2n) is 8.45. The first-order chi connectivity index (χ1) is 15.7. The number of anilines is 2. The number of hydrogen-bond donors (Lipinski definition) is 0. The summed E-state index contributed by atoms with van der Waals surface area (Å²) in [5, 5.41) is 0. The quantitative estimate of drug-likeness (QED) is 0.428. The number of amides is 1. The molecule has 6 heteroatoms. The Bertz CT molecular complexity index is 1300. The van der Waals surface area contributed by atoms with E-state index in [-0.39, 0.29) is 18.3 Å². The van der Waals surface area contributed by atoms with Crippen molar-refractivity contribution in [2.24, 2.45) is 0 Å². The molecule has 2 aliphatic heterocycles. The molecule has 0 unspecified atom stereocenters. The van der Waals surface area contributed by atoms with Gasteiger partial charge in [-0.15, -0.1) is 0 Å². The molecule has 4 nitrogen and oxygen atoms in total. The number of halogens is 1. The summed E-state index contributed by atoms with van der Waals surface area (Å²) in [4.78, 5) is 17.9. The lowest BCUT2D eigenvalue weighted by Gasteiger charge is -2.30. The van der Waals surface area contributed by atoms with Gasteiger partial charge < -0.3 is 12.4 Å². The fourth-order valence-corrected chi connectivity index (χ4v) is 5.85. The summed E-state index contributed by atoms with van der Waals surface area (Å²) >= 11 is 1.73. The van der Waals surface area contributed by atoms with E-state index in [2.05, 4.69) is 58.7 Å². The van der Waals surface area contributed by atoms with Crippen LogP contribution < -0.4 is 21.9 Å². The molecule has 0 fully saturated rings. The zero-order valence-electron chi connectivity index (χ0n) is 18.4. The van der Waals surface area contributed by atoms with E-state index in [0.29, 0.717) is 6.54 Å². The molecule has 0 N–H and O–H groups in total. The van der Waals surface area contributed by atoms with Gasteiger partial charge in [-0.25, -0.2) is 9.13 Å². The smallest absolute Gasteiger partial charge is 0.273 e. The number of carbonyl (C=O) groups is 1. The first kappa shape index (κ1) is 21.8. The van der Waals surface area contributed by atoms with Gasteiger partial charge in [0.2, 0.25) is 0 Å². The summed E-state index contributed by atoms with van der Waals surface area (Å²) in [5.74, 6) is 1.33. The highest BCUT2D eigenvalue weighted by Crippen LogP contribution is 2.47. The maximum absolute atomic E-state index is 13.8. The molecule has 0 radical (unpaired) electrons. The van der Waals surface area contributed by atoms with Gasteiger partial charge in [-0.1, -0.05) is 65.9 Å². The van der Waals surface area contributed by atoms with Crippen molar-refractivity contribution >= 4 is 29.0 Å². The molecule has 0 bridgehead atoms. The summed E-state index contributed by atoms with van der Waals surface area (Å²) in [7, 11) is 0. The fourth-order valence-electron chi connectivity index (χ4n) is 4.79. The molecule has 1 amide bonds. The molecule has 3 heterocycles. The lowest BCUT2D eigenvalue weighted by Crippen LogP contribution is -3.00. The Kier molecular flexibility index (Phi) is 5.77. The minimum Gasteiger partial charge on any atom is -1.00 e. The molecule has 0 aliphatic carbocycles. The van der Waals surface area contributed by atoms with Crippen LogP contribution in [0.3, 0.4) is 0 Å². The summed E-state index contributed by atoms with van der Waals surface area (Å²) in [5.41, 5.74) is 5.59. The van der Waals surface area contributed by atoms with Crippen molar-refractivity contribution in [3.63, 3.8) is 0 Å². The Hall–Kier alpha value is -3.02. The van der Waals surface area contributed by atoms with Gasteiger partial charge >= 0.3 is 0 Å². The largest absolute Gasteiger partial charge is 1.00 e. The Labute approximate surface area is 204 Å². The highest BCUT2D eigenvalue weighted by atomic mass is 35.5. The minimum absolute atomic E-state index is 0. The molecule has 3 aromatic carbocycles. The minimum atomic E-state index is 0. The van der Waals surface area contributed by atoms with E-state index >= 15 is 0 Å². The van der Waals surface area contributed by atoms with Crippen molar-refractivity contribution in [1.82, 2.24) is 4.57 Å². The van der Waals surface area contributed by atoms with Gasteiger partial charge in [-0.2, -0.15) is 0 Å². The number of benzene rings is 3. The SMILES string of the molecule is Cc1ccc(-c2c[n+](CC(=O)N3c4ccccc4Sc4ccccc43)c3n2CCC3)cc1.[Cl-]. The molecule has 0 atom stereocenters. The first-order valence-corrected chi connectivity index (χ1v) is 11.9. The van der Waals surface area contributed by atoms with Gasteiger partial charge in [0, 0.05) is 15.4 Å². The molecule has 0 saturated heterocycles. The van der Waals surface area contributed by atoms with Gasteiger partial charge in [0.15, 0.2) is 12.2 Å². The molecule has 1 aromatic heterocycles. The number of fused-ring (bicyclic) bond motifs is 3. The number of rotatable bonds is 3. The standard InChI is InChI=1S/C27H24N3OS.ClH/c1-19-12-14-20(15-13-19)23-17-28(26-11-6-16-29(23)26)18-27(31)30-21-7-2-4-9-24(21)32-25-10-5-3-8-22(25)30;/h2-5,7-10,12-15,17H,6,11,16,18H2,1H3;1H/q+1;/p-1. The molecule has 0 spiro atoms. The second-order valence-corrected chi connectivity index (χ2v) is 9.53. The van der Waals surface area contributed by atoms with E-state index in [9.17, 15) is 4.79 Å². The Morgan fingerprint density at radius 1 is 0.939 bits per heavy atom. The Morgan fingerprint density at radius 2 is 1.58 bits per heavy atom. The van der Waals surface area contributed by atoms with Crippen LogP contribution >= 0.6 is 11.8 Å². The van der Waals surface area contributed by atoms with Gasteiger partial charge in [-0.05, 0) is 37.6 Å². The van der Waals surface area contributed by atoms with Crippen LogP contribution in [-0.2, 0) is 24.3 Å². The lowest BCUT2D eigenvalue weighted by molar-refractivity contribution is -0.690. The van der Waals surface area contributed by atoms with Crippen molar-refractivity contribution in [3.05, 3.63) is 90.4 Å². The summed E-state index contributed by atoms with van der Waals surface area (Å²) in [6, 6.07) is 25.0. The molecule has 2 aliphatic rings. The van der Waals surface area contributed by atoms with Crippen molar-refractivity contribution in [1.29, 1.82) is 0 Å². The average Bonchev–Trinajstić information content (AvgIpc) is 3.42. The third-order valence-electron chi connectivity index (χ3n) is 6.33. The number of carbonyl (C=O) groups excluding carboxylic acids is 1. The van der Waals surface area contributed by atoms with Crippen LogP contribution in [0.25, 0.3) is 11.3 Å². The summed E-state index contributed by atoms with van der Waals surface area (Å²) < 4.78 is 4.55. The van der Waals surface area contributed by atoms with Crippen LogP contribution in [0.4, 0.5) is 11.4 Å². The van der Waals surface area contributed by atoms with Gasteiger partial charge in [0.25, 0.3) is 11.7 Å². The van der Waals surface area contributed by atoms with Gasteiger partial charge in [0.05, 0.1) is 24.3 Å². The Balaban J connectivity index is 0.00000228. The van der Waals surface area contributed by atoms with Gasteiger partial charge in [0.1, 0.15) is 6.20 Å². The number of hydrogen-bond acceptors (Lipinski definition) is 2. The van der Waals surface area contributed by atoms with Crippen molar-refractivity contribution in [2.45, 2.75) is 42.6 Å². The number of para-hydroxylation sites is 2. The maximum Gasteiger partial charge on any atom is 0.273 e. The summed E-state index contributed by atoms with van der Waals surface area (Å²) in [6.45, 7) is 3.44. The zero-order valence-corrected chi connectivity index (χ0v) is 19.9. The van der Waals surface area contributed by atoms with Crippen LogP contribution in [0.2, 0.25) is 0 Å². The summed E-state index contributed by atoms with van der Waals surface area (Å²) in [6.07, 6.45) is 4.28. The van der Waals surface area contributed by atoms with Crippen LogP contribution in [-0.4, -0.2) is 10.5 Å². The average molecular weight is 474 g/mol. The molecule has 0 saturated carbocycles. The second kappa shape index (κ2) is 8.73. The van der Waals surface area contributed by atoms with Gasteiger partial charge in [-0.3, -0.25) is 9.69 Å². The van der Waals surface area contributed by atoms with Crippen LogP contribution in [0.15, 0.2) is 88.8 Å². The highest BCUT2D eigenvalue weighted by molar-refractivity contribution is 7.99. The molecule has 166 valence electrons. The Morgan fingerprint density at radius 3 is 2.24 bits per heavy atom. The van der Waals surface area contributed by atoms with E-state index < -0.39 is 0 Å². The van der Waals surface area contributed by atoms with E-state index in [1.165, 1.54) is 22.6 Å².